The van der Waals surface area contributed by atoms with Crippen LogP contribution in [0.4, 0.5) is 0 Å². The van der Waals surface area contributed by atoms with Crippen molar-refractivity contribution in [1.82, 2.24) is 15.2 Å². The lowest BCUT2D eigenvalue weighted by atomic mass is 10.00. The number of nitrogens with one attached hydrogen (secondary N) is 1. The van der Waals surface area contributed by atoms with E-state index in [0.29, 0.717) is 5.56 Å². The minimum atomic E-state index is -0.0380. The van der Waals surface area contributed by atoms with Crippen LogP contribution in [0.25, 0.3) is 21.7 Å². The van der Waals surface area contributed by atoms with E-state index >= 15 is 0 Å². The highest BCUT2D eigenvalue weighted by molar-refractivity contribution is 6.15. The zero-order valence-electron chi connectivity index (χ0n) is 15.2. The number of hydrogen-bond acceptors (Lipinski definition) is 3. The first kappa shape index (κ1) is 17.0. The van der Waals surface area contributed by atoms with Crippen LogP contribution < -0.4 is 5.32 Å². The summed E-state index contributed by atoms with van der Waals surface area (Å²) in [6, 6.07) is 14.2. The van der Waals surface area contributed by atoms with Crippen molar-refractivity contribution >= 4 is 27.6 Å². The second kappa shape index (κ2) is 7.42. The predicted octanol–water partition coefficient (Wildman–Crippen LogP) is 3.99. The molecule has 26 heavy (non-hydrogen) atoms. The molecule has 1 fully saturated rings. The van der Waals surface area contributed by atoms with Crippen molar-refractivity contribution in [2.45, 2.75) is 32.2 Å². The second-order valence-electron chi connectivity index (χ2n) is 7.28. The molecular formula is C22H25N3O. The maximum absolute atomic E-state index is 13.0. The summed E-state index contributed by atoms with van der Waals surface area (Å²) in [6.07, 6.45) is 5.61. The normalized spacial score (nSPS) is 16.7. The van der Waals surface area contributed by atoms with Gasteiger partial charge in [0.2, 0.25) is 0 Å². The molecule has 0 saturated carbocycles. The van der Waals surface area contributed by atoms with Crippen molar-refractivity contribution < 1.29 is 4.79 Å². The third-order valence-corrected chi connectivity index (χ3v) is 5.22. The van der Waals surface area contributed by atoms with Crippen LogP contribution in [-0.4, -0.2) is 41.5 Å². The Kier molecular flexibility index (Phi) is 4.85. The molecule has 0 radical (unpaired) electrons. The predicted molar refractivity (Wildman–Crippen MR) is 106 cm³/mol. The average Bonchev–Trinajstić information content (AvgIpc) is 2.68. The van der Waals surface area contributed by atoms with Crippen LogP contribution in [0.3, 0.4) is 0 Å². The maximum Gasteiger partial charge on any atom is 0.253 e. The van der Waals surface area contributed by atoms with Gasteiger partial charge < -0.3 is 10.2 Å². The number of pyridine rings is 1. The number of carbonyl (C=O) groups excluding carboxylic acids is 1. The number of nitrogens with zero attached hydrogens (tertiary/aromatic N) is 2. The Bertz CT molecular complexity index is 931. The van der Waals surface area contributed by atoms with E-state index in [-0.39, 0.29) is 11.9 Å². The molecule has 4 nitrogen and oxygen atoms in total. The van der Waals surface area contributed by atoms with Crippen molar-refractivity contribution in [3.63, 3.8) is 0 Å². The molecule has 134 valence electrons. The molecule has 0 aliphatic carbocycles. The molecule has 1 saturated heterocycles. The number of fused-ring (bicyclic) bond motifs is 3. The molecule has 4 heteroatoms. The van der Waals surface area contributed by atoms with Crippen LogP contribution in [0.15, 0.2) is 48.7 Å². The van der Waals surface area contributed by atoms with Gasteiger partial charge in [0.15, 0.2) is 0 Å². The molecular weight excluding hydrogens is 322 g/mol. The van der Waals surface area contributed by atoms with Gasteiger partial charge in [-0.25, -0.2) is 0 Å². The molecule has 0 bridgehead atoms. The smallest absolute Gasteiger partial charge is 0.253 e. The van der Waals surface area contributed by atoms with Crippen LogP contribution in [0.2, 0.25) is 0 Å². The van der Waals surface area contributed by atoms with Gasteiger partial charge in [-0.3, -0.25) is 9.78 Å². The molecule has 1 N–H and O–H groups in total. The number of aromatic nitrogens is 1. The number of rotatable bonds is 4. The minimum absolute atomic E-state index is 0.0380. The Morgan fingerprint density at radius 3 is 2.73 bits per heavy atom. The Hall–Kier alpha value is -2.46. The molecule has 3 aromatic rings. The van der Waals surface area contributed by atoms with Crippen LogP contribution in [0.5, 0.6) is 0 Å². The highest BCUT2D eigenvalue weighted by Crippen LogP contribution is 2.27. The molecule has 1 aliphatic heterocycles. The number of amides is 1. The fourth-order valence-corrected chi connectivity index (χ4v) is 3.98. The minimum Gasteiger partial charge on any atom is -0.348 e. The van der Waals surface area contributed by atoms with Crippen molar-refractivity contribution in [2.24, 2.45) is 0 Å². The van der Waals surface area contributed by atoms with Gasteiger partial charge >= 0.3 is 0 Å². The highest BCUT2D eigenvalue weighted by atomic mass is 16.1. The van der Waals surface area contributed by atoms with Gasteiger partial charge in [0.1, 0.15) is 0 Å². The Balaban J connectivity index is 1.61. The molecule has 2 heterocycles. The van der Waals surface area contributed by atoms with Gasteiger partial charge in [-0.05, 0) is 55.8 Å². The summed E-state index contributed by atoms with van der Waals surface area (Å²) in [6.45, 7) is 5.27. The Labute approximate surface area is 154 Å². The van der Waals surface area contributed by atoms with E-state index in [1.807, 2.05) is 30.3 Å². The number of benzene rings is 2. The Morgan fingerprint density at radius 1 is 1.12 bits per heavy atom. The van der Waals surface area contributed by atoms with Crippen LogP contribution >= 0.6 is 0 Å². The van der Waals surface area contributed by atoms with E-state index in [1.165, 1.54) is 19.3 Å². The lowest BCUT2D eigenvalue weighted by Crippen LogP contribution is -2.43. The van der Waals surface area contributed by atoms with Crippen molar-refractivity contribution in [3.05, 3.63) is 54.2 Å². The fourth-order valence-electron chi connectivity index (χ4n) is 3.98. The van der Waals surface area contributed by atoms with Gasteiger partial charge in [0.05, 0.1) is 11.1 Å². The van der Waals surface area contributed by atoms with Gasteiger partial charge in [-0.1, -0.05) is 36.8 Å². The number of hydrogen-bond donors (Lipinski definition) is 1. The lowest BCUT2D eigenvalue weighted by Gasteiger charge is -2.29. The van der Waals surface area contributed by atoms with Gasteiger partial charge in [-0.2, -0.15) is 0 Å². The van der Waals surface area contributed by atoms with E-state index < -0.39 is 0 Å². The molecule has 1 aliphatic rings. The maximum atomic E-state index is 13.0. The number of piperidine rings is 1. The van der Waals surface area contributed by atoms with E-state index in [9.17, 15) is 4.79 Å². The first-order valence-corrected chi connectivity index (χ1v) is 9.52. The summed E-state index contributed by atoms with van der Waals surface area (Å²) >= 11 is 0. The Morgan fingerprint density at radius 2 is 1.88 bits per heavy atom. The van der Waals surface area contributed by atoms with Gasteiger partial charge in [-0.15, -0.1) is 0 Å². The van der Waals surface area contributed by atoms with Gasteiger partial charge in [0.25, 0.3) is 5.91 Å². The summed E-state index contributed by atoms with van der Waals surface area (Å²) in [7, 11) is 0. The molecule has 2 aromatic carbocycles. The molecule has 1 aromatic heterocycles. The van der Waals surface area contributed by atoms with Crippen LogP contribution in [0, 0.1) is 0 Å². The summed E-state index contributed by atoms with van der Waals surface area (Å²) in [4.78, 5) is 19.9. The third-order valence-electron chi connectivity index (χ3n) is 5.22. The molecule has 1 unspecified atom stereocenters. The number of likely N-dealkylation sites (tertiary alicyclic amines) is 1. The van der Waals surface area contributed by atoms with Gasteiger partial charge in [0, 0.05) is 24.2 Å². The van der Waals surface area contributed by atoms with E-state index in [4.69, 9.17) is 0 Å². The highest BCUT2D eigenvalue weighted by Gasteiger charge is 2.18. The monoisotopic (exact) mass is 347 g/mol. The molecule has 1 atom stereocenters. The lowest BCUT2D eigenvalue weighted by molar-refractivity contribution is 0.0927. The SMILES string of the molecule is CC(CN1CCCCC1)NC(=O)c1cc2ccccc2c2cccnc12. The zero-order valence-corrected chi connectivity index (χ0v) is 15.2. The summed E-state index contributed by atoms with van der Waals surface area (Å²) in [5.41, 5.74) is 1.43. The molecule has 0 spiro atoms. The van der Waals surface area contributed by atoms with E-state index in [0.717, 1.165) is 41.3 Å². The summed E-state index contributed by atoms with van der Waals surface area (Å²) in [5, 5.41) is 6.41. The largest absolute Gasteiger partial charge is 0.348 e. The standard InChI is InChI=1S/C22H25N3O/c1-16(15-25-12-5-2-6-13-25)24-22(26)20-14-17-8-3-4-9-18(17)19-10-7-11-23-21(19)20/h3-4,7-11,14,16H,2,5-6,12-13,15H2,1H3,(H,24,26). The zero-order chi connectivity index (χ0) is 17.9. The molecule has 4 rings (SSSR count). The first-order chi connectivity index (χ1) is 12.7. The topological polar surface area (TPSA) is 45.2 Å². The molecule has 1 amide bonds. The fraction of sp³-hybridized carbons (Fsp3) is 0.364. The quantitative estimate of drug-likeness (QED) is 0.726. The average molecular weight is 347 g/mol. The summed E-state index contributed by atoms with van der Waals surface area (Å²) in [5.74, 6) is -0.0380. The number of carbonyl (C=O) groups is 1. The van der Waals surface area contributed by atoms with Crippen molar-refractivity contribution in [1.29, 1.82) is 0 Å². The first-order valence-electron chi connectivity index (χ1n) is 9.52. The second-order valence-corrected chi connectivity index (χ2v) is 7.28. The summed E-state index contributed by atoms with van der Waals surface area (Å²) < 4.78 is 0. The van der Waals surface area contributed by atoms with Crippen LogP contribution in [-0.2, 0) is 0 Å². The van der Waals surface area contributed by atoms with Crippen molar-refractivity contribution in [3.8, 4) is 0 Å². The van der Waals surface area contributed by atoms with E-state index in [1.54, 1.807) is 6.20 Å². The third kappa shape index (κ3) is 3.42. The van der Waals surface area contributed by atoms with Crippen LogP contribution in [0.1, 0.15) is 36.5 Å². The van der Waals surface area contributed by atoms with E-state index in [2.05, 4.69) is 34.3 Å². The van der Waals surface area contributed by atoms with Crippen molar-refractivity contribution in [2.75, 3.05) is 19.6 Å².